The van der Waals surface area contributed by atoms with Crippen LogP contribution < -0.4 is 5.73 Å². The summed E-state index contributed by atoms with van der Waals surface area (Å²) in [7, 11) is -5.56. The first-order valence-electron chi connectivity index (χ1n) is 5.64. The van der Waals surface area contributed by atoms with Crippen molar-refractivity contribution in [1.82, 2.24) is 0 Å². The zero-order chi connectivity index (χ0) is 13.7. The SMILES string of the molecule is CCO[Si](CCN)(OCC)OCC.O[SiH](O)O. The first-order valence-corrected chi connectivity index (χ1v) is 9.12. The second-order valence-electron chi connectivity index (χ2n) is 2.87. The molecule has 17 heavy (non-hydrogen) atoms. The summed E-state index contributed by atoms with van der Waals surface area (Å²) in [4.78, 5) is 21.9. The smallest absolute Gasteiger partial charge is 0.392 e. The van der Waals surface area contributed by atoms with Gasteiger partial charge < -0.3 is 33.4 Å². The predicted molar refractivity (Wildman–Crippen MR) is 68.3 cm³/mol. The molecule has 7 nitrogen and oxygen atoms in total. The van der Waals surface area contributed by atoms with Gasteiger partial charge in [0.25, 0.3) is 0 Å². The van der Waals surface area contributed by atoms with E-state index in [-0.39, 0.29) is 0 Å². The van der Waals surface area contributed by atoms with Crippen molar-refractivity contribution in [3.8, 4) is 0 Å². The van der Waals surface area contributed by atoms with Crippen molar-refractivity contribution in [1.29, 1.82) is 0 Å². The molecule has 5 N–H and O–H groups in total. The van der Waals surface area contributed by atoms with Crippen LogP contribution in [0.25, 0.3) is 0 Å². The lowest BCUT2D eigenvalue weighted by molar-refractivity contribution is 0.0719. The first-order chi connectivity index (χ1) is 7.97. The molecule has 0 aliphatic heterocycles. The fourth-order valence-electron chi connectivity index (χ4n) is 1.18. The van der Waals surface area contributed by atoms with Gasteiger partial charge in [-0.3, -0.25) is 0 Å². The molecule has 9 heteroatoms. The van der Waals surface area contributed by atoms with E-state index in [1.54, 1.807) is 0 Å². The summed E-state index contributed by atoms with van der Waals surface area (Å²) < 4.78 is 16.7. The molecule has 0 bridgehead atoms. The lowest BCUT2D eigenvalue weighted by Gasteiger charge is -2.27. The molecule has 0 unspecified atom stereocenters. The molecule has 0 aromatic carbocycles. The zero-order valence-corrected chi connectivity index (χ0v) is 12.9. The van der Waals surface area contributed by atoms with E-state index in [1.165, 1.54) is 0 Å². The third-order valence-corrected chi connectivity index (χ3v) is 4.63. The summed E-state index contributed by atoms with van der Waals surface area (Å²) in [5.41, 5.74) is 5.50. The molecule has 0 fully saturated rings. The standard InChI is InChI=1S/C8H21NO3Si.H4O3Si/c1-4-10-13(8-7-9,11-5-2)12-6-3;1-4(2)3/h4-9H2,1-3H3;1-4H. The number of hydrogen-bond acceptors (Lipinski definition) is 7. The lowest BCUT2D eigenvalue weighted by Crippen LogP contribution is -2.47. The Labute approximate surface area is 105 Å². The van der Waals surface area contributed by atoms with Crippen LogP contribution in [-0.4, -0.2) is 59.1 Å². The third kappa shape index (κ3) is 12.4. The van der Waals surface area contributed by atoms with E-state index in [0.29, 0.717) is 32.4 Å². The molecule has 0 radical (unpaired) electrons. The van der Waals surface area contributed by atoms with E-state index in [9.17, 15) is 0 Å². The van der Waals surface area contributed by atoms with E-state index in [2.05, 4.69) is 0 Å². The van der Waals surface area contributed by atoms with Crippen molar-refractivity contribution in [3.05, 3.63) is 0 Å². The lowest BCUT2D eigenvalue weighted by atomic mass is 10.8. The van der Waals surface area contributed by atoms with E-state index >= 15 is 0 Å². The van der Waals surface area contributed by atoms with Crippen molar-refractivity contribution in [3.63, 3.8) is 0 Å². The molecule has 106 valence electrons. The van der Waals surface area contributed by atoms with Gasteiger partial charge in [-0.1, -0.05) is 0 Å². The average Bonchev–Trinajstić information content (AvgIpc) is 2.18. The van der Waals surface area contributed by atoms with Gasteiger partial charge in [0, 0.05) is 25.9 Å². The minimum atomic E-state index is -3.14. The van der Waals surface area contributed by atoms with E-state index < -0.39 is 18.3 Å². The van der Waals surface area contributed by atoms with Crippen LogP contribution in [0.15, 0.2) is 0 Å². The van der Waals surface area contributed by atoms with Gasteiger partial charge in [0.1, 0.15) is 0 Å². The van der Waals surface area contributed by atoms with Crippen LogP contribution in [0.1, 0.15) is 20.8 Å². The second kappa shape index (κ2) is 12.6. The first kappa shape index (κ1) is 19.5. The average molecular weight is 287 g/mol. The fourth-order valence-corrected chi connectivity index (χ4v) is 3.53. The Morgan fingerprint density at radius 1 is 0.941 bits per heavy atom. The highest BCUT2D eigenvalue weighted by Gasteiger charge is 2.39. The van der Waals surface area contributed by atoms with Gasteiger partial charge in [-0.25, -0.2) is 0 Å². The third-order valence-electron chi connectivity index (χ3n) is 1.54. The number of nitrogens with two attached hydrogens (primary N) is 1. The monoisotopic (exact) mass is 287 g/mol. The summed E-state index contributed by atoms with van der Waals surface area (Å²) in [6, 6.07) is 0.697. The molecule has 0 aliphatic rings. The maximum Gasteiger partial charge on any atom is 0.502 e. The summed E-state index contributed by atoms with van der Waals surface area (Å²) in [6.45, 7) is 8.22. The van der Waals surface area contributed by atoms with Crippen LogP contribution in [0.2, 0.25) is 6.04 Å². The largest absolute Gasteiger partial charge is 0.502 e. The predicted octanol–water partition coefficient (Wildman–Crippen LogP) is -1.33. The Balaban J connectivity index is 0. The minimum Gasteiger partial charge on any atom is -0.392 e. The second-order valence-corrected chi connectivity index (χ2v) is 6.29. The Kier molecular flexibility index (Phi) is 14.5. The van der Waals surface area contributed by atoms with Gasteiger partial charge in [-0.15, -0.1) is 0 Å². The van der Waals surface area contributed by atoms with Crippen molar-refractivity contribution in [2.24, 2.45) is 5.73 Å². The van der Waals surface area contributed by atoms with Crippen molar-refractivity contribution in [2.45, 2.75) is 26.8 Å². The van der Waals surface area contributed by atoms with Crippen molar-refractivity contribution >= 4 is 18.3 Å². The molecule has 0 aromatic rings. The molecule has 0 aromatic heterocycles. The Morgan fingerprint density at radius 2 is 1.24 bits per heavy atom. The highest BCUT2D eigenvalue weighted by atomic mass is 28.4. The van der Waals surface area contributed by atoms with Crippen LogP contribution in [-0.2, 0) is 13.3 Å². The number of rotatable bonds is 8. The van der Waals surface area contributed by atoms with Crippen LogP contribution in [0.3, 0.4) is 0 Å². The number of hydrogen-bond donors (Lipinski definition) is 4. The van der Waals surface area contributed by atoms with Crippen molar-refractivity contribution in [2.75, 3.05) is 26.4 Å². The van der Waals surface area contributed by atoms with Gasteiger partial charge in [0.05, 0.1) is 0 Å². The van der Waals surface area contributed by atoms with Gasteiger partial charge >= 0.3 is 18.3 Å². The molecule has 0 amide bonds. The Morgan fingerprint density at radius 3 is 1.41 bits per heavy atom. The van der Waals surface area contributed by atoms with E-state index in [1.807, 2.05) is 20.8 Å². The molecular formula is C8H25NO6Si2. The van der Waals surface area contributed by atoms with Gasteiger partial charge in [-0.2, -0.15) is 0 Å². The van der Waals surface area contributed by atoms with E-state index in [0.717, 1.165) is 0 Å². The summed E-state index contributed by atoms with van der Waals surface area (Å²) in [5.74, 6) is 0. The summed E-state index contributed by atoms with van der Waals surface area (Å²) in [6.07, 6.45) is 0. The maximum atomic E-state index is 7.31. The van der Waals surface area contributed by atoms with Crippen LogP contribution in [0, 0.1) is 0 Å². The minimum absolute atomic E-state index is 0.548. The molecule has 0 heterocycles. The van der Waals surface area contributed by atoms with Crippen LogP contribution in [0.4, 0.5) is 0 Å². The fraction of sp³-hybridized carbons (Fsp3) is 1.00. The molecule has 0 aliphatic carbocycles. The molecule has 0 atom stereocenters. The van der Waals surface area contributed by atoms with Gasteiger partial charge in [-0.05, 0) is 27.3 Å². The normalized spacial score (nSPS) is 11.3. The molecule has 0 saturated carbocycles. The molecular weight excluding hydrogens is 262 g/mol. The topological polar surface area (TPSA) is 114 Å². The van der Waals surface area contributed by atoms with Gasteiger partial charge in [0.2, 0.25) is 0 Å². The van der Waals surface area contributed by atoms with Crippen LogP contribution >= 0.6 is 0 Å². The van der Waals surface area contributed by atoms with Gasteiger partial charge in [0.15, 0.2) is 0 Å². The quantitative estimate of drug-likeness (QED) is 0.409. The maximum absolute atomic E-state index is 7.31. The van der Waals surface area contributed by atoms with Crippen molar-refractivity contribution < 1.29 is 27.7 Å². The molecule has 0 rings (SSSR count). The highest BCUT2D eigenvalue weighted by molar-refractivity contribution is 6.60. The highest BCUT2D eigenvalue weighted by Crippen LogP contribution is 2.14. The van der Waals surface area contributed by atoms with E-state index in [4.69, 9.17) is 33.4 Å². The Bertz CT molecular complexity index is 131. The van der Waals surface area contributed by atoms with Crippen LogP contribution in [0.5, 0.6) is 0 Å². The molecule has 0 spiro atoms. The Hall–Kier alpha value is 0.154. The zero-order valence-electron chi connectivity index (χ0n) is 10.8. The summed E-state index contributed by atoms with van der Waals surface area (Å²) >= 11 is 0. The summed E-state index contributed by atoms with van der Waals surface area (Å²) in [5, 5.41) is 0. The molecule has 0 saturated heterocycles.